The largest absolute Gasteiger partial charge is 0.339 e. The Morgan fingerprint density at radius 2 is 1.83 bits per heavy atom. The lowest BCUT2D eigenvalue weighted by molar-refractivity contribution is -0.130. The van der Waals surface area contributed by atoms with Gasteiger partial charge in [-0.05, 0) is 25.5 Å². The number of hydrogen-bond acceptors (Lipinski definition) is 5. The van der Waals surface area contributed by atoms with E-state index >= 15 is 0 Å². The molecule has 0 bridgehead atoms. The first-order chi connectivity index (χ1) is 11.4. The number of thioether (sulfide) groups is 1. The first-order valence-corrected chi connectivity index (χ1v) is 11.2. The fraction of sp³-hybridized carbons (Fsp3) is 0.588. The molecule has 2 aliphatic rings. The van der Waals surface area contributed by atoms with E-state index in [9.17, 15) is 13.2 Å². The molecule has 0 spiro atoms. The first kappa shape index (κ1) is 17.8. The molecule has 132 valence electrons. The minimum Gasteiger partial charge on any atom is -0.339 e. The molecule has 7 heteroatoms. The molecule has 2 heterocycles. The van der Waals surface area contributed by atoms with Crippen molar-refractivity contribution in [3.63, 3.8) is 0 Å². The zero-order chi connectivity index (χ0) is 17.2. The molecule has 1 unspecified atom stereocenters. The van der Waals surface area contributed by atoms with E-state index in [0.717, 1.165) is 24.4 Å². The number of amides is 1. The van der Waals surface area contributed by atoms with Gasteiger partial charge in [-0.15, -0.1) is 11.8 Å². The van der Waals surface area contributed by atoms with E-state index in [1.54, 1.807) is 11.8 Å². The van der Waals surface area contributed by atoms with Gasteiger partial charge in [0, 0.05) is 37.1 Å². The second kappa shape index (κ2) is 7.45. The van der Waals surface area contributed by atoms with Gasteiger partial charge in [-0.3, -0.25) is 9.69 Å². The SMILES string of the molecule is Cc1ccc(SCC(=O)N2CCN(C3CCS(=O)(=O)C3)CC2)cc1. The minimum atomic E-state index is -2.84. The summed E-state index contributed by atoms with van der Waals surface area (Å²) in [5.74, 6) is 1.22. The van der Waals surface area contributed by atoms with Crippen LogP contribution in [0, 0.1) is 6.92 Å². The van der Waals surface area contributed by atoms with Crippen molar-refractivity contribution < 1.29 is 13.2 Å². The van der Waals surface area contributed by atoms with E-state index in [1.807, 2.05) is 17.0 Å². The van der Waals surface area contributed by atoms with Crippen LogP contribution in [0.5, 0.6) is 0 Å². The maximum atomic E-state index is 12.4. The van der Waals surface area contributed by atoms with E-state index in [1.165, 1.54) is 5.56 Å². The van der Waals surface area contributed by atoms with E-state index in [4.69, 9.17) is 0 Å². The lowest BCUT2D eigenvalue weighted by Crippen LogP contribution is -2.52. The topological polar surface area (TPSA) is 57.7 Å². The third-order valence-corrected chi connectivity index (χ3v) is 7.52. The zero-order valence-corrected chi connectivity index (χ0v) is 15.6. The minimum absolute atomic E-state index is 0.147. The van der Waals surface area contributed by atoms with Gasteiger partial charge >= 0.3 is 0 Å². The number of hydrogen-bond donors (Lipinski definition) is 0. The van der Waals surface area contributed by atoms with Crippen molar-refractivity contribution in [1.82, 2.24) is 9.80 Å². The smallest absolute Gasteiger partial charge is 0.233 e. The second-order valence-electron chi connectivity index (χ2n) is 6.58. The summed E-state index contributed by atoms with van der Waals surface area (Å²) in [7, 11) is -2.84. The molecule has 1 aromatic carbocycles. The van der Waals surface area contributed by atoms with Crippen molar-refractivity contribution in [3.05, 3.63) is 29.8 Å². The number of sulfone groups is 1. The van der Waals surface area contributed by atoms with Crippen LogP contribution in [-0.2, 0) is 14.6 Å². The van der Waals surface area contributed by atoms with Crippen molar-refractivity contribution in [2.45, 2.75) is 24.3 Å². The van der Waals surface area contributed by atoms with Gasteiger partial charge in [0.1, 0.15) is 0 Å². The summed E-state index contributed by atoms with van der Waals surface area (Å²) in [6, 6.07) is 8.36. The van der Waals surface area contributed by atoms with Crippen molar-refractivity contribution >= 4 is 27.5 Å². The zero-order valence-electron chi connectivity index (χ0n) is 14.0. The summed E-state index contributed by atoms with van der Waals surface area (Å²) < 4.78 is 23.2. The number of carbonyl (C=O) groups excluding carboxylic acids is 1. The Morgan fingerprint density at radius 1 is 1.17 bits per heavy atom. The molecule has 0 aliphatic carbocycles. The second-order valence-corrected chi connectivity index (χ2v) is 9.85. The lowest BCUT2D eigenvalue weighted by Gasteiger charge is -2.37. The summed E-state index contributed by atoms with van der Waals surface area (Å²) in [4.78, 5) is 17.6. The van der Waals surface area contributed by atoms with Crippen molar-refractivity contribution in [1.29, 1.82) is 0 Å². The van der Waals surface area contributed by atoms with E-state index < -0.39 is 9.84 Å². The first-order valence-electron chi connectivity index (χ1n) is 8.35. The van der Waals surface area contributed by atoms with Crippen molar-refractivity contribution in [2.75, 3.05) is 43.4 Å². The van der Waals surface area contributed by atoms with Crippen molar-refractivity contribution in [2.24, 2.45) is 0 Å². The number of aryl methyl sites for hydroxylation is 1. The van der Waals surface area contributed by atoms with E-state index in [-0.39, 0.29) is 17.7 Å². The van der Waals surface area contributed by atoms with Crippen LogP contribution >= 0.6 is 11.8 Å². The lowest BCUT2D eigenvalue weighted by atomic mass is 10.2. The van der Waals surface area contributed by atoms with E-state index in [2.05, 4.69) is 24.0 Å². The molecule has 1 aromatic rings. The molecule has 1 amide bonds. The summed E-state index contributed by atoms with van der Waals surface area (Å²) >= 11 is 1.57. The van der Waals surface area contributed by atoms with Gasteiger partial charge in [-0.1, -0.05) is 17.7 Å². The van der Waals surface area contributed by atoms with Gasteiger partial charge in [-0.25, -0.2) is 8.42 Å². The summed E-state index contributed by atoms with van der Waals surface area (Å²) in [5.41, 5.74) is 1.22. The normalized spacial score (nSPS) is 24.2. The number of benzene rings is 1. The molecule has 0 radical (unpaired) electrons. The third kappa shape index (κ3) is 4.52. The molecule has 3 rings (SSSR count). The molecular formula is C17H24N2O3S2. The average Bonchev–Trinajstić information content (AvgIpc) is 2.94. The number of rotatable bonds is 4. The molecule has 5 nitrogen and oxygen atoms in total. The Balaban J connectivity index is 1.44. The summed E-state index contributed by atoms with van der Waals surface area (Å²) in [6.45, 7) is 5.00. The fourth-order valence-corrected chi connectivity index (χ4v) is 5.83. The highest BCUT2D eigenvalue weighted by molar-refractivity contribution is 8.00. The van der Waals surface area contributed by atoms with Crippen LogP contribution in [-0.4, -0.2) is 73.6 Å². The number of piperazine rings is 1. The van der Waals surface area contributed by atoms with Gasteiger partial charge in [0.2, 0.25) is 5.91 Å². The average molecular weight is 369 g/mol. The molecule has 0 saturated carbocycles. The summed E-state index contributed by atoms with van der Waals surface area (Å²) in [6.07, 6.45) is 0.736. The van der Waals surface area contributed by atoms with Crippen molar-refractivity contribution in [3.8, 4) is 0 Å². The highest BCUT2D eigenvalue weighted by atomic mass is 32.2. The Kier molecular flexibility index (Phi) is 5.52. The monoisotopic (exact) mass is 368 g/mol. The molecule has 24 heavy (non-hydrogen) atoms. The van der Waals surface area contributed by atoms with Gasteiger partial charge in [0.05, 0.1) is 17.3 Å². The molecule has 2 saturated heterocycles. The number of nitrogens with zero attached hydrogens (tertiary/aromatic N) is 2. The highest BCUT2D eigenvalue weighted by Gasteiger charge is 2.34. The van der Waals surface area contributed by atoms with Gasteiger partial charge in [0.15, 0.2) is 9.84 Å². The molecule has 1 atom stereocenters. The van der Waals surface area contributed by atoms with Crippen LogP contribution in [0.1, 0.15) is 12.0 Å². The van der Waals surface area contributed by atoms with Crippen LogP contribution in [0.15, 0.2) is 29.2 Å². The van der Waals surface area contributed by atoms with E-state index in [0.29, 0.717) is 24.6 Å². The Hall–Kier alpha value is -1.05. The Morgan fingerprint density at radius 3 is 2.42 bits per heavy atom. The Bertz CT molecular complexity index is 680. The molecule has 0 aromatic heterocycles. The van der Waals surface area contributed by atoms with Gasteiger partial charge in [-0.2, -0.15) is 0 Å². The predicted molar refractivity (Wildman–Crippen MR) is 97.1 cm³/mol. The van der Waals surface area contributed by atoms with Crippen LogP contribution in [0.25, 0.3) is 0 Å². The van der Waals surface area contributed by atoms with Crippen LogP contribution < -0.4 is 0 Å². The Labute approximate surface area is 148 Å². The quantitative estimate of drug-likeness (QED) is 0.753. The standard InChI is InChI=1S/C17H24N2O3S2/c1-14-2-4-16(5-3-14)23-12-17(20)19-9-7-18(8-10-19)15-6-11-24(21,22)13-15/h2-5,15H,6-13H2,1H3. The van der Waals surface area contributed by atoms with Crippen LogP contribution in [0.2, 0.25) is 0 Å². The van der Waals surface area contributed by atoms with Gasteiger partial charge in [0.25, 0.3) is 0 Å². The molecular weight excluding hydrogens is 344 g/mol. The maximum Gasteiger partial charge on any atom is 0.233 e. The molecule has 2 fully saturated rings. The van der Waals surface area contributed by atoms with Crippen LogP contribution in [0.4, 0.5) is 0 Å². The number of carbonyl (C=O) groups is 1. The highest BCUT2D eigenvalue weighted by Crippen LogP contribution is 2.21. The summed E-state index contributed by atoms with van der Waals surface area (Å²) in [5, 5.41) is 0. The maximum absolute atomic E-state index is 12.4. The molecule has 0 N–H and O–H groups in total. The fourth-order valence-electron chi connectivity index (χ4n) is 3.27. The molecule has 2 aliphatic heterocycles. The van der Waals surface area contributed by atoms with Gasteiger partial charge < -0.3 is 4.90 Å². The third-order valence-electron chi connectivity index (χ3n) is 4.78. The van der Waals surface area contributed by atoms with Crippen LogP contribution in [0.3, 0.4) is 0 Å². The predicted octanol–water partition coefficient (Wildman–Crippen LogP) is 1.42.